The molecule has 17 heavy (non-hydrogen) atoms. The molecular weight excluding hydrogens is 282 g/mol. The number of pyridine rings is 1. The van der Waals surface area contributed by atoms with Crippen molar-refractivity contribution in [2.45, 2.75) is 13.3 Å². The van der Waals surface area contributed by atoms with Crippen LogP contribution in [-0.4, -0.2) is 20.0 Å². The van der Waals surface area contributed by atoms with Gasteiger partial charge in [-0.3, -0.25) is 9.67 Å². The number of halogens is 1. The first-order chi connectivity index (χ1) is 8.13. The summed E-state index contributed by atoms with van der Waals surface area (Å²) in [5.41, 5.74) is 3.08. The van der Waals surface area contributed by atoms with E-state index < -0.39 is 0 Å². The second kappa shape index (κ2) is 4.63. The molecule has 0 unspecified atom stereocenters. The van der Waals surface area contributed by atoms with Crippen LogP contribution < -0.4 is 0 Å². The van der Waals surface area contributed by atoms with Crippen LogP contribution in [0.1, 0.15) is 11.4 Å². The fraction of sp³-hybridized carbons (Fsp3) is 0.273. The van der Waals surface area contributed by atoms with Crippen LogP contribution in [0.2, 0.25) is 0 Å². The molecule has 0 bridgehead atoms. The molecule has 0 spiro atoms. The zero-order valence-corrected chi connectivity index (χ0v) is 11.1. The third-order valence-electron chi connectivity index (χ3n) is 2.45. The van der Waals surface area contributed by atoms with E-state index in [4.69, 9.17) is 5.26 Å². The second-order valence-corrected chi connectivity index (χ2v) is 4.46. The number of aromatic nitrogens is 4. The molecule has 0 saturated heterocycles. The molecule has 0 aliphatic rings. The highest BCUT2D eigenvalue weighted by Gasteiger charge is 2.14. The van der Waals surface area contributed by atoms with E-state index in [0.717, 1.165) is 21.6 Å². The Morgan fingerprint density at radius 3 is 2.88 bits per heavy atom. The van der Waals surface area contributed by atoms with Crippen LogP contribution in [0.3, 0.4) is 0 Å². The normalized spacial score (nSPS) is 10.2. The van der Waals surface area contributed by atoms with E-state index in [1.165, 1.54) is 0 Å². The van der Waals surface area contributed by atoms with E-state index in [1.807, 2.05) is 19.1 Å². The fourth-order valence-electron chi connectivity index (χ4n) is 1.52. The minimum atomic E-state index is 0.273. The molecule has 0 N–H and O–H groups in total. The predicted molar refractivity (Wildman–Crippen MR) is 66.0 cm³/mol. The highest BCUT2D eigenvalue weighted by atomic mass is 79.9. The van der Waals surface area contributed by atoms with Crippen LogP contribution in [0.25, 0.3) is 11.4 Å². The minimum absolute atomic E-state index is 0.273. The van der Waals surface area contributed by atoms with Gasteiger partial charge < -0.3 is 0 Å². The molecular formula is C11H10BrN5. The molecule has 5 nitrogen and oxygen atoms in total. The molecule has 0 radical (unpaired) electrons. The van der Waals surface area contributed by atoms with E-state index in [1.54, 1.807) is 11.7 Å². The first-order valence-corrected chi connectivity index (χ1v) is 5.82. The zero-order valence-electron chi connectivity index (χ0n) is 9.48. The van der Waals surface area contributed by atoms with Gasteiger partial charge in [0.2, 0.25) is 0 Å². The van der Waals surface area contributed by atoms with E-state index in [2.05, 4.69) is 37.3 Å². The Bertz CT molecular complexity index is 596. The maximum atomic E-state index is 8.79. The SMILES string of the molecule is Cc1nc(-c2nnn(C)c2CC#N)ccc1Br. The van der Waals surface area contributed by atoms with Crippen molar-refractivity contribution in [2.75, 3.05) is 0 Å². The van der Waals surface area contributed by atoms with Crippen LogP contribution in [0.5, 0.6) is 0 Å². The highest BCUT2D eigenvalue weighted by Crippen LogP contribution is 2.22. The largest absolute Gasteiger partial charge is 0.251 e. The summed E-state index contributed by atoms with van der Waals surface area (Å²) in [6.45, 7) is 1.91. The number of rotatable bonds is 2. The Balaban J connectivity index is 2.53. The van der Waals surface area contributed by atoms with E-state index >= 15 is 0 Å². The minimum Gasteiger partial charge on any atom is -0.251 e. The number of hydrogen-bond acceptors (Lipinski definition) is 4. The van der Waals surface area contributed by atoms with Gasteiger partial charge in [0.25, 0.3) is 0 Å². The van der Waals surface area contributed by atoms with Gasteiger partial charge in [0.1, 0.15) is 5.69 Å². The van der Waals surface area contributed by atoms with Crippen molar-refractivity contribution in [3.8, 4) is 17.5 Å². The molecule has 2 heterocycles. The molecule has 0 amide bonds. The molecule has 0 aliphatic carbocycles. The lowest BCUT2D eigenvalue weighted by Crippen LogP contribution is -1.98. The molecule has 0 aromatic carbocycles. The van der Waals surface area contributed by atoms with Gasteiger partial charge in [-0.15, -0.1) is 5.10 Å². The summed E-state index contributed by atoms with van der Waals surface area (Å²) in [6.07, 6.45) is 0.273. The smallest absolute Gasteiger partial charge is 0.135 e. The van der Waals surface area contributed by atoms with Crippen LogP contribution in [0, 0.1) is 18.3 Å². The van der Waals surface area contributed by atoms with Crippen molar-refractivity contribution in [3.05, 3.63) is 28.0 Å². The Morgan fingerprint density at radius 2 is 2.24 bits per heavy atom. The second-order valence-electron chi connectivity index (χ2n) is 3.61. The lowest BCUT2D eigenvalue weighted by molar-refractivity contribution is 0.689. The van der Waals surface area contributed by atoms with Crippen molar-refractivity contribution in [2.24, 2.45) is 7.05 Å². The summed E-state index contributed by atoms with van der Waals surface area (Å²) < 4.78 is 2.56. The number of nitrogens with zero attached hydrogens (tertiary/aromatic N) is 5. The van der Waals surface area contributed by atoms with Gasteiger partial charge in [-0.2, -0.15) is 5.26 Å². The molecule has 86 valence electrons. The maximum Gasteiger partial charge on any atom is 0.135 e. The standard InChI is InChI=1S/C11H10BrN5/c1-7-8(12)3-4-9(14-7)11-10(5-6-13)17(2)16-15-11/h3-4H,5H2,1-2H3. The molecule has 6 heteroatoms. The number of aryl methyl sites for hydroxylation is 2. The van der Waals surface area contributed by atoms with Gasteiger partial charge in [-0.05, 0) is 35.0 Å². The number of nitriles is 1. The Hall–Kier alpha value is -1.74. The quantitative estimate of drug-likeness (QED) is 0.849. The highest BCUT2D eigenvalue weighted by molar-refractivity contribution is 9.10. The van der Waals surface area contributed by atoms with Gasteiger partial charge in [-0.1, -0.05) is 5.21 Å². The van der Waals surface area contributed by atoms with Crippen LogP contribution in [0.15, 0.2) is 16.6 Å². The molecule has 0 aliphatic heterocycles. The molecule has 2 rings (SSSR count). The average Bonchev–Trinajstić information content (AvgIpc) is 2.66. The Morgan fingerprint density at radius 1 is 1.47 bits per heavy atom. The molecule has 2 aromatic rings. The maximum absolute atomic E-state index is 8.79. The number of hydrogen-bond donors (Lipinski definition) is 0. The molecule has 0 fully saturated rings. The van der Waals surface area contributed by atoms with Gasteiger partial charge in [0.15, 0.2) is 0 Å². The van der Waals surface area contributed by atoms with Crippen molar-refractivity contribution in [1.82, 2.24) is 20.0 Å². The summed E-state index contributed by atoms with van der Waals surface area (Å²) in [6, 6.07) is 5.89. The van der Waals surface area contributed by atoms with Crippen molar-refractivity contribution in [3.63, 3.8) is 0 Å². The summed E-state index contributed by atoms with van der Waals surface area (Å²) in [5, 5.41) is 16.8. The Labute approximate surface area is 107 Å². The predicted octanol–water partition coefficient (Wildman–Crippen LogP) is 2.01. The first kappa shape index (κ1) is 11.7. The Kier molecular flexibility index (Phi) is 3.20. The lowest BCUT2D eigenvalue weighted by Gasteiger charge is -2.02. The van der Waals surface area contributed by atoms with Crippen LogP contribution in [0.4, 0.5) is 0 Å². The lowest BCUT2D eigenvalue weighted by atomic mass is 10.2. The monoisotopic (exact) mass is 291 g/mol. The summed E-state index contributed by atoms with van der Waals surface area (Å²) in [4.78, 5) is 4.43. The van der Waals surface area contributed by atoms with Crippen molar-refractivity contribution < 1.29 is 0 Å². The molecule has 2 aromatic heterocycles. The average molecular weight is 292 g/mol. The van der Waals surface area contributed by atoms with Gasteiger partial charge in [0.05, 0.1) is 29.6 Å². The first-order valence-electron chi connectivity index (χ1n) is 5.02. The third kappa shape index (κ3) is 2.19. The van der Waals surface area contributed by atoms with Crippen molar-refractivity contribution >= 4 is 15.9 Å². The van der Waals surface area contributed by atoms with Gasteiger partial charge in [0, 0.05) is 11.5 Å². The topological polar surface area (TPSA) is 67.4 Å². The third-order valence-corrected chi connectivity index (χ3v) is 3.29. The van der Waals surface area contributed by atoms with Gasteiger partial charge in [-0.25, -0.2) is 0 Å². The molecule has 0 atom stereocenters. The summed E-state index contributed by atoms with van der Waals surface area (Å²) in [7, 11) is 1.77. The molecule has 0 saturated carbocycles. The fourth-order valence-corrected chi connectivity index (χ4v) is 1.75. The zero-order chi connectivity index (χ0) is 12.4. The van der Waals surface area contributed by atoms with Crippen LogP contribution >= 0.6 is 15.9 Å². The summed E-state index contributed by atoms with van der Waals surface area (Å²) >= 11 is 3.40. The van der Waals surface area contributed by atoms with Crippen molar-refractivity contribution in [1.29, 1.82) is 5.26 Å². The van der Waals surface area contributed by atoms with E-state index in [-0.39, 0.29) is 6.42 Å². The van der Waals surface area contributed by atoms with E-state index in [9.17, 15) is 0 Å². The van der Waals surface area contributed by atoms with Gasteiger partial charge >= 0.3 is 0 Å². The van der Waals surface area contributed by atoms with Crippen LogP contribution in [-0.2, 0) is 13.5 Å². The summed E-state index contributed by atoms with van der Waals surface area (Å²) in [5.74, 6) is 0. The van der Waals surface area contributed by atoms with E-state index in [0.29, 0.717) is 5.69 Å².